The van der Waals surface area contributed by atoms with Crippen molar-refractivity contribution in [3.8, 4) is 0 Å². The van der Waals surface area contributed by atoms with Gasteiger partial charge in [-0.05, 0) is 17.5 Å². The average molecular weight is 277 g/mol. The number of carboxylic acids is 1. The van der Waals surface area contributed by atoms with E-state index in [1.54, 1.807) is 0 Å². The molecule has 5 heteroatoms. The predicted octanol–water partition coefficient (Wildman–Crippen LogP) is 2.43. The predicted molar refractivity (Wildman–Crippen MR) is 73.4 cm³/mol. The highest BCUT2D eigenvalue weighted by molar-refractivity contribution is 5.81. The third-order valence-electron chi connectivity index (χ3n) is 3.49. The monoisotopic (exact) mass is 277 g/mol. The van der Waals surface area contributed by atoms with E-state index in [0.717, 1.165) is 24.0 Å². The van der Waals surface area contributed by atoms with Crippen LogP contribution in [0.2, 0.25) is 0 Å². The molecule has 0 aromatic heterocycles. The van der Waals surface area contributed by atoms with Gasteiger partial charge < -0.3 is 9.84 Å². The third kappa shape index (κ3) is 3.10. The maximum absolute atomic E-state index is 12.0. The molecular weight excluding hydrogens is 258 g/mol. The molecule has 20 heavy (non-hydrogen) atoms. The van der Waals surface area contributed by atoms with Crippen LogP contribution in [-0.2, 0) is 22.5 Å². The van der Waals surface area contributed by atoms with E-state index in [4.69, 9.17) is 4.74 Å². The summed E-state index contributed by atoms with van der Waals surface area (Å²) in [7, 11) is 0. The molecule has 0 fully saturated rings. The molecule has 5 nitrogen and oxygen atoms in total. The number of benzene rings is 1. The van der Waals surface area contributed by atoms with Crippen LogP contribution in [0.25, 0.3) is 0 Å². The van der Waals surface area contributed by atoms with Gasteiger partial charge in [-0.25, -0.2) is 9.59 Å². The lowest BCUT2D eigenvalue weighted by Gasteiger charge is -2.33. The zero-order valence-electron chi connectivity index (χ0n) is 11.5. The Morgan fingerprint density at radius 3 is 2.70 bits per heavy atom. The van der Waals surface area contributed by atoms with E-state index in [1.165, 1.54) is 4.90 Å². The van der Waals surface area contributed by atoms with Crippen LogP contribution in [-0.4, -0.2) is 34.7 Å². The molecule has 0 radical (unpaired) electrons. The first-order valence-corrected chi connectivity index (χ1v) is 6.86. The number of rotatable bonds is 4. The van der Waals surface area contributed by atoms with Crippen LogP contribution in [0.5, 0.6) is 0 Å². The molecule has 0 unspecified atom stereocenters. The van der Waals surface area contributed by atoms with Crippen molar-refractivity contribution in [2.75, 3.05) is 6.61 Å². The first kappa shape index (κ1) is 14.4. The lowest BCUT2D eigenvalue weighted by atomic mass is 9.94. The summed E-state index contributed by atoms with van der Waals surface area (Å²) in [5, 5.41) is 9.31. The van der Waals surface area contributed by atoms with E-state index in [1.807, 2.05) is 31.2 Å². The molecule has 1 aromatic rings. The Kier molecular flexibility index (Phi) is 4.61. The molecule has 1 N–H and O–H groups in total. The molecule has 0 saturated carbocycles. The summed E-state index contributed by atoms with van der Waals surface area (Å²) in [5.41, 5.74) is 1.97. The molecule has 1 heterocycles. The van der Waals surface area contributed by atoms with Gasteiger partial charge in [-0.15, -0.1) is 0 Å². The van der Waals surface area contributed by atoms with Crippen LogP contribution in [0, 0.1) is 0 Å². The van der Waals surface area contributed by atoms with Gasteiger partial charge in [0, 0.05) is 6.42 Å². The van der Waals surface area contributed by atoms with Gasteiger partial charge in [0.15, 0.2) is 0 Å². The van der Waals surface area contributed by atoms with E-state index in [9.17, 15) is 14.7 Å². The normalized spacial score (nSPS) is 17.4. The van der Waals surface area contributed by atoms with Crippen molar-refractivity contribution in [1.29, 1.82) is 0 Å². The Balaban J connectivity index is 2.13. The molecule has 0 aliphatic carbocycles. The van der Waals surface area contributed by atoms with Gasteiger partial charge in [-0.1, -0.05) is 37.6 Å². The van der Waals surface area contributed by atoms with Gasteiger partial charge >= 0.3 is 12.1 Å². The molecule has 1 aliphatic heterocycles. The van der Waals surface area contributed by atoms with E-state index in [0.29, 0.717) is 13.0 Å². The van der Waals surface area contributed by atoms with E-state index in [-0.39, 0.29) is 6.54 Å². The second-order valence-corrected chi connectivity index (χ2v) is 4.92. The SMILES string of the molecule is CCCCOC(=O)N1Cc2ccccc2C[C@H]1C(=O)O. The number of hydrogen-bond acceptors (Lipinski definition) is 3. The Hall–Kier alpha value is -2.04. The van der Waals surface area contributed by atoms with Crippen molar-refractivity contribution in [2.45, 2.75) is 38.8 Å². The molecule has 1 atom stereocenters. The summed E-state index contributed by atoms with van der Waals surface area (Å²) >= 11 is 0. The number of carbonyl (C=O) groups excluding carboxylic acids is 1. The number of aliphatic carboxylic acids is 1. The number of carbonyl (C=O) groups is 2. The number of unbranched alkanes of at least 4 members (excludes halogenated alkanes) is 1. The summed E-state index contributed by atoms with van der Waals surface area (Å²) in [5.74, 6) is -0.994. The highest BCUT2D eigenvalue weighted by atomic mass is 16.6. The summed E-state index contributed by atoms with van der Waals surface area (Å²) < 4.78 is 5.14. The first-order chi connectivity index (χ1) is 9.63. The minimum atomic E-state index is -0.994. The van der Waals surface area contributed by atoms with Crippen LogP contribution in [0.1, 0.15) is 30.9 Å². The Bertz CT molecular complexity index is 500. The van der Waals surface area contributed by atoms with Crippen LogP contribution in [0.15, 0.2) is 24.3 Å². The maximum atomic E-state index is 12.0. The number of carboxylic acid groups (broad SMARTS) is 1. The minimum absolute atomic E-state index is 0.290. The lowest BCUT2D eigenvalue weighted by Crippen LogP contribution is -2.48. The molecule has 0 saturated heterocycles. The maximum Gasteiger partial charge on any atom is 0.410 e. The second-order valence-electron chi connectivity index (χ2n) is 4.92. The number of ether oxygens (including phenoxy) is 1. The van der Waals surface area contributed by atoms with Crippen molar-refractivity contribution in [2.24, 2.45) is 0 Å². The number of fused-ring (bicyclic) bond motifs is 1. The third-order valence-corrected chi connectivity index (χ3v) is 3.49. The van der Waals surface area contributed by atoms with Gasteiger partial charge in [0.25, 0.3) is 0 Å². The summed E-state index contributed by atoms with van der Waals surface area (Å²) in [6.45, 7) is 2.63. The molecule has 1 aliphatic rings. The fourth-order valence-electron chi connectivity index (χ4n) is 2.32. The fourth-order valence-corrected chi connectivity index (χ4v) is 2.32. The van der Waals surface area contributed by atoms with Crippen LogP contribution >= 0.6 is 0 Å². The zero-order chi connectivity index (χ0) is 14.5. The topological polar surface area (TPSA) is 66.8 Å². The lowest BCUT2D eigenvalue weighted by molar-refractivity contribution is -0.143. The Labute approximate surface area is 118 Å². The molecule has 1 aromatic carbocycles. The molecule has 2 rings (SSSR count). The van der Waals surface area contributed by atoms with E-state index < -0.39 is 18.1 Å². The van der Waals surface area contributed by atoms with Crippen LogP contribution in [0.3, 0.4) is 0 Å². The van der Waals surface area contributed by atoms with E-state index in [2.05, 4.69) is 0 Å². The molecule has 1 amide bonds. The molecule has 0 bridgehead atoms. The molecule has 108 valence electrons. The van der Waals surface area contributed by atoms with Crippen molar-refractivity contribution in [3.05, 3.63) is 35.4 Å². The fraction of sp³-hybridized carbons (Fsp3) is 0.467. The highest BCUT2D eigenvalue weighted by Crippen LogP contribution is 2.24. The largest absolute Gasteiger partial charge is 0.480 e. The van der Waals surface area contributed by atoms with Gasteiger partial charge in [-0.2, -0.15) is 0 Å². The van der Waals surface area contributed by atoms with Gasteiger partial charge in [0.05, 0.1) is 13.2 Å². The first-order valence-electron chi connectivity index (χ1n) is 6.86. The van der Waals surface area contributed by atoms with Gasteiger partial charge in [-0.3, -0.25) is 4.90 Å². The van der Waals surface area contributed by atoms with Gasteiger partial charge in [0.2, 0.25) is 0 Å². The van der Waals surface area contributed by atoms with Crippen molar-refractivity contribution in [3.63, 3.8) is 0 Å². The summed E-state index contributed by atoms with van der Waals surface area (Å²) in [6.07, 6.45) is 1.50. The molecular formula is C15H19NO4. The Morgan fingerprint density at radius 1 is 1.35 bits per heavy atom. The number of nitrogens with zero attached hydrogens (tertiary/aromatic N) is 1. The summed E-state index contributed by atoms with van der Waals surface area (Å²) in [6, 6.07) is 6.75. The van der Waals surface area contributed by atoms with Gasteiger partial charge in [0.1, 0.15) is 6.04 Å². The van der Waals surface area contributed by atoms with Crippen LogP contribution in [0.4, 0.5) is 4.79 Å². The Morgan fingerprint density at radius 2 is 2.05 bits per heavy atom. The minimum Gasteiger partial charge on any atom is -0.480 e. The smallest absolute Gasteiger partial charge is 0.410 e. The van der Waals surface area contributed by atoms with Crippen molar-refractivity contribution in [1.82, 2.24) is 4.90 Å². The van der Waals surface area contributed by atoms with E-state index >= 15 is 0 Å². The standard InChI is InChI=1S/C15H19NO4/c1-2-3-8-20-15(19)16-10-12-7-5-4-6-11(12)9-13(16)14(17)18/h4-7,13H,2-3,8-10H2,1H3,(H,17,18)/t13-/m0/s1. The number of hydrogen-bond donors (Lipinski definition) is 1. The average Bonchev–Trinajstić information content (AvgIpc) is 2.46. The quantitative estimate of drug-likeness (QED) is 0.858. The zero-order valence-corrected chi connectivity index (χ0v) is 11.5. The summed E-state index contributed by atoms with van der Waals surface area (Å²) in [4.78, 5) is 24.7. The highest BCUT2D eigenvalue weighted by Gasteiger charge is 2.35. The van der Waals surface area contributed by atoms with Crippen LogP contribution < -0.4 is 0 Å². The second kappa shape index (κ2) is 6.41. The van der Waals surface area contributed by atoms with Crippen molar-refractivity contribution >= 4 is 12.1 Å². The van der Waals surface area contributed by atoms with Crippen molar-refractivity contribution < 1.29 is 19.4 Å². The number of amides is 1. The molecule has 0 spiro atoms.